The lowest BCUT2D eigenvalue weighted by atomic mass is 10.1. The second-order valence-electron chi connectivity index (χ2n) is 8.76. The van der Waals surface area contributed by atoms with Crippen molar-refractivity contribution in [2.75, 3.05) is 35.1 Å². The third kappa shape index (κ3) is 5.49. The molecule has 0 radical (unpaired) electrons. The Morgan fingerprint density at radius 2 is 1.68 bits per heavy atom. The number of fused-ring (bicyclic) bond motifs is 1. The second-order valence-corrected chi connectivity index (χ2v) is 9.51. The highest BCUT2D eigenvalue weighted by molar-refractivity contribution is 6.42. The van der Waals surface area contributed by atoms with Gasteiger partial charge in [-0.05, 0) is 17.7 Å². The number of rotatable bonds is 7. The molecule has 210 valence electrons. The molecule has 13 heteroatoms. The fourth-order valence-electron chi connectivity index (χ4n) is 4.18. The van der Waals surface area contributed by atoms with Crippen molar-refractivity contribution < 1.29 is 23.8 Å². The summed E-state index contributed by atoms with van der Waals surface area (Å²) in [5.74, 6) is 0.577. The topological polar surface area (TPSA) is 132 Å². The molecule has 2 heterocycles. The predicted molar refractivity (Wildman–Crippen MR) is 156 cm³/mol. The second kappa shape index (κ2) is 11.8. The van der Waals surface area contributed by atoms with Crippen LogP contribution in [0.5, 0.6) is 11.5 Å². The molecule has 0 saturated carbocycles. The molecule has 0 atom stereocenters. The van der Waals surface area contributed by atoms with Crippen molar-refractivity contribution in [2.45, 2.75) is 13.2 Å². The standard InChI is InChI=1S/C28H24Cl2N6O5/c1-39-20-12-21(40-2)23(30)24(22(20)29)35-14-17-13-32-26(33-19-11-7-6-10-18(19)31)34-25(17)36(27(35)37)28(38)41-15-16-8-4-3-5-9-16/h3-13H,14-15,31H2,1-2H3,(H,32,33,34). The van der Waals surface area contributed by atoms with Gasteiger partial charge in [0.15, 0.2) is 5.82 Å². The molecule has 0 fully saturated rings. The number of methoxy groups -OCH3 is 2. The highest BCUT2D eigenvalue weighted by Crippen LogP contribution is 2.48. The number of benzene rings is 3. The van der Waals surface area contributed by atoms with Crippen molar-refractivity contribution in [1.82, 2.24) is 9.97 Å². The fourth-order valence-corrected chi connectivity index (χ4v) is 4.88. The molecular weight excluding hydrogens is 571 g/mol. The number of hydrogen-bond donors (Lipinski definition) is 2. The van der Waals surface area contributed by atoms with Crippen LogP contribution in [0.3, 0.4) is 0 Å². The monoisotopic (exact) mass is 594 g/mol. The summed E-state index contributed by atoms with van der Waals surface area (Å²) in [6, 6.07) is 16.8. The summed E-state index contributed by atoms with van der Waals surface area (Å²) in [5.41, 5.74) is 8.30. The van der Waals surface area contributed by atoms with E-state index < -0.39 is 12.1 Å². The summed E-state index contributed by atoms with van der Waals surface area (Å²) in [5, 5.41) is 3.11. The lowest BCUT2D eigenvalue weighted by molar-refractivity contribution is 0.147. The highest BCUT2D eigenvalue weighted by atomic mass is 35.5. The maximum Gasteiger partial charge on any atom is 0.424 e. The molecule has 3 aromatic carbocycles. The van der Waals surface area contributed by atoms with E-state index in [4.69, 9.17) is 43.1 Å². The summed E-state index contributed by atoms with van der Waals surface area (Å²) >= 11 is 13.2. The number of amides is 3. The van der Waals surface area contributed by atoms with Crippen LogP contribution in [0.25, 0.3) is 0 Å². The van der Waals surface area contributed by atoms with Crippen molar-refractivity contribution in [3.8, 4) is 11.5 Å². The van der Waals surface area contributed by atoms with Crippen LogP contribution >= 0.6 is 23.2 Å². The van der Waals surface area contributed by atoms with E-state index in [-0.39, 0.29) is 52.1 Å². The predicted octanol–water partition coefficient (Wildman–Crippen LogP) is 6.41. The Kier molecular flexibility index (Phi) is 7.99. The maximum absolute atomic E-state index is 14.0. The average molecular weight is 595 g/mol. The largest absolute Gasteiger partial charge is 0.495 e. The van der Waals surface area contributed by atoms with Crippen LogP contribution in [0.2, 0.25) is 10.0 Å². The first-order chi connectivity index (χ1) is 19.8. The Hall–Kier alpha value is -4.74. The maximum atomic E-state index is 14.0. The van der Waals surface area contributed by atoms with Gasteiger partial charge in [0.1, 0.15) is 28.2 Å². The zero-order valence-electron chi connectivity index (χ0n) is 21.9. The molecule has 1 aliphatic heterocycles. The van der Waals surface area contributed by atoms with Crippen LogP contribution in [0.1, 0.15) is 11.1 Å². The van der Waals surface area contributed by atoms with Crippen molar-refractivity contribution in [3.63, 3.8) is 0 Å². The Morgan fingerprint density at radius 1 is 1.02 bits per heavy atom. The van der Waals surface area contributed by atoms with Gasteiger partial charge in [-0.25, -0.2) is 14.6 Å². The molecule has 0 spiro atoms. The van der Waals surface area contributed by atoms with E-state index in [1.54, 1.807) is 36.4 Å². The van der Waals surface area contributed by atoms with Gasteiger partial charge in [0.2, 0.25) is 5.95 Å². The molecule has 41 heavy (non-hydrogen) atoms. The number of halogens is 2. The highest BCUT2D eigenvalue weighted by Gasteiger charge is 2.41. The SMILES string of the molecule is COc1cc(OC)c(Cl)c(N2Cc3cnc(Nc4ccccc4N)nc3N(C(=O)OCc3ccccc3)C2=O)c1Cl. The molecule has 5 rings (SSSR count). The van der Waals surface area contributed by atoms with Crippen LogP contribution in [0, 0.1) is 0 Å². The fraction of sp³-hybridized carbons (Fsp3) is 0.143. The lowest BCUT2D eigenvalue weighted by Crippen LogP contribution is -2.51. The molecule has 0 unspecified atom stereocenters. The molecule has 0 bridgehead atoms. The van der Waals surface area contributed by atoms with Gasteiger partial charge in [0, 0.05) is 17.8 Å². The zero-order chi connectivity index (χ0) is 29.1. The first kappa shape index (κ1) is 27.8. The molecule has 0 saturated heterocycles. The number of hydrogen-bond acceptors (Lipinski definition) is 9. The van der Waals surface area contributed by atoms with Gasteiger partial charge < -0.3 is 25.3 Å². The number of nitrogens with zero attached hydrogens (tertiary/aromatic N) is 4. The molecule has 1 aliphatic rings. The first-order valence-corrected chi connectivity index (χ1v) is 13.0. The zero-order valence-corrected chi connectivity index (χ0v) is 23.4. The molecule has 3 amide bonds. The normalized spacial score (nSPS) is 12.5. The minimum absolute atomic E-state index is 0.0263. The average Bonchev–Trinajstić information content (AvgIpc) is 2.98. The summed E-state index contributed by atoms with van der Waals surface area (Å²) < 4.78 is 16.3. The Balaban J connectivity index is 1.58. The molecule has 0 aliphatic carbocycles. The number of imide groups is 1. The number of urea groups is 1. The van der Waals surface area contributed by atoms with Gasteiger partial charge in [-0.2, -0.15) is 9.88 Å². The van der Waals surface area contributed by atoms with Gasteiger partial charge >= 0.3 is 12.1 Å². The van der Waals surface area contributed by atoms with Gasteiger partial charge in [0.25, 0.3) is 0 Å². The third-order valence-electron chi connectivity index (χ3n) is 6.22. The van der Waals surface area contributed by atoms with E-state index in [0.29, 0.717) is 16.9 Å². The van der Waals surface area contributed by atoms with E-state index in [2.05, 4.69) is 15.3 Å². The molecule has 3 N–H and O–H groups in total. The Bertz CT molecular complexity index is 1590. The van der Waals surface area contributed by atoms with Crippen molar-refractivity contribution in [2.24, 2.45) is 0 Å². The number of carbonyl (C=O) groups is 2. The quantitative estimate of drug-likeness (QED) is 0.233. The minimum atomic E-state index is -0.962. The van der Waals surface area contributed by atoms with Crippen molar-refractivity contribution >= 4 is 64.2 Å². The summed E-state index contributed by atoms with van der Waals surface area (Å²) in [6.45, 7) is -0.149. The van der Waals surface area contributed by atoms with Crippen LogP contribution in [0.15, 0.2) is 66.9 Å². The number of nitrogens with one attached hydrogen (secondary N) is 1. The van der Waals surface area contributed by atoms with Gasteiger partial charge in [-0.15, -0.1) is 0 Å². The van der Waals surface area contributed by atoms with Crippen LogP contribution in [-0.2, 0) is 17.9 Å². The molecule has 11 nitrogen and oxygen atoms in total. The molecular formula is C28H24Cl2N6O5. The van der Waals surface area contributed by atoms with E-state index in [9.17, 15) is 9.59 Å². The van der Waals surface area contributed by atoms with Gasteiger partial charge in [-0.1, -0.05) is 65.7 Å². The van der Waals surface area contributed by atoms with E-state index in [0.717, 1.165) is 10.5 Å². The number of aromatic nitrogens is 2. The Morgan fingerprint density at radius 3 is 2.34 bits per heavy atom. The summed E-state index contributed by atoms with van der Waals surface area (Å²) in [6.07, 6.45) is 0.524. The number of carbonyl (C=O) groups excluding carboxylic acids is 2. The van der Waals surface area contributed by atoms with Gasteiger partial charge in [-0.3, -0.25) is 4.90 Å². The van der Waals surface area contributed by atoms with Crippen LogP contribution in [0.4, 0.5) is 38.4 Å². The van der Waals surface area contributed by atoms with E-state index >= 15 is 0 Å². The smallest absolute Gasteiger partial charge is 0.424 e. The number of anilines is 5. The van der Waals surface area contributed by atoms with Crippen LogP contribution in [-0.4, -0.2) is 36.3 Å². The summed E-state index contributed by atoms with van der Waals surface area (Å²) in [4.78, 5) is 38.4. The third-order valence-corrected chi connectivity index (χ3v) is 6.95. The number of para-hydroxylation sites is 2. The molecule has 1 aromatic heterocycles. The first-order valence-electron chi connectivity index (χ1n) is 12.2. The number of nitrogens with two attached hydrogens (primary N) is 1. The van der Waals surface area contributed by atoms with Crippen molar-refractivity contribution in [3.05, 3.63) is 88.0 Å². The van der Waals surface area contributed by atoms with E-state index in [1.807, 2.05) is 18.2 Å². The van der Waals surface area contributed by atoms with Gasteiger partial charge in [0.05, 0.1) is 37.8 Å². The van der Waals surface area contributed by atoms with Crippen LogP contribution < -0.4 is 30.3 Å². The van der Waals surface area contributed by atoms with Crippen molar-refractivity contribution in [1.29, 1.82) is 0 Å². The number of nitrogen functional groups attached to an aromatic ring is 1. The Labute approximate surface area is 245 Å². The minimum Gasteiger partial charge on any atom is -0.495 e. The molecule has 4 aromatic rings. The number of ether oxygens (including phenoxy) is 3. The van der Waals surface area contributed by atoms with E-state index in [1.165, 1.54) is 31.4 Å². The lowest BCUT2D eigenvalue weighted by Gasteiger charge is -2.35. The summed E-state index contributed by atoms with van der Waals surface area (Å²) in [7, 11) is 2.83.